The van der Waals surface area contributed by atoms with Gasteiger partial charge in [-0.15, -0.1) is 0 Å². The van der Waals surface area contributed by atoms with Crippen molar-refractivity contribution in [3.05, 3.63) is 59.8 Å². The lowest BCUT2D eigenvalue weighted by atomic mass is 9.98. The molecule has 112 valence electrons. The van der Waals surface area contributed by atoms with E-state index in [4.69, 9.17) is 5.73 Å². The molecule has 0 aliphatic rings. The van der Waals surface area contributed by atoms with Crippen molar-refractivity contribution in [3.63, 3.8) is 0 Å². The predicted octanol–water partition coefficient (Wildman–Crippen LogP) is 2.35. The van der Waals surface area contributed by atoms with E-state index in [-0.39, 0.29) is 0 Å². The zero-order valence-corrected chi connectivity index (χ0v) is 12.4. The smallest absolute Gasteiger partial charge is 0.250 e. The number of amides is 1. The van der Waals surface area contributed by atoms with E-state index in [0.717, 1.165) is 16.6 Å². The van der Waals surface area contributed by atoms with Gasteiger partial charge in [-0.2, -0.15) is 5.10 Å². The fraction of sp³-hybridized carbons (Fsp3) is 0.176. The third-order valence-corrected chi connectivity index (χ3v) is 3.64. The molecule has 3 rings (SSSR count). The minimum atomic E-state index is -0.882. The molecule has 0 spiro atoms. The second-order valence-corrected chi connectivity index (χ2v) is 5.79. The minimum absolute atomic E-state index is 0.407. The number of primary amides is 1. The Morgan fingerprint density at radius 3 is 2.45 bits per heavy atom. The Bertz CT molecular complexity index is 842. The van der Waals surface area contributed by atoms with Crippen LogP contribution in [0.25, 0.3) is 16.6 Å². The Labute approximate surface area is 128 Å². The number of hydrogen-bond donors (Lipinski definition) is 2. The van der Waals surface area contributed by atoms with Crippen molar-refractivity contribution in [1.29, 1.82) is 0 Å². The molecule has 22 heavy (non-hydrogen) atoms. The molecule has 1 amide bonds. The molecule has 2 aromatic carbocycles. The SMILES string of the molecule is CC(C)(O)c1ccc(-n2cc3cccc(C(N)=O)c3n2)cc1. The summed E-state index contributed by atoms with van der Waals surface area (Å²) in [6, 6.07) is 12.8. The number of hydrogen-bond acceptors (Lipinski definition) is 3. The summed E-state index contributed by atoms with van der Waals surface area (Å²) in [6.07, 6.45) is 1.85. The number of rotatable bonds is 3. The van der Waals surface area contributed by atoms with Crippen LogP contribution in [0.2, 0.25) is 0 Å². The van der Waals surface area contributed by atoms with Crippen molar-refractivity contribution < 1.29 is 9.90 Å². The fourth-order valence-electron chi connectivity index (χ4n) is 2.40. The van der Waals surface area contributed by atoms with Crippen LogP contribution in [0, 0.1) is 0 Å². The quantitative estimate of drug-likeness (QED) is 0.778. The molecule has 0 atom stereocenters. The number of benzene rings is 2. The van der Waals surface area contributed by atoms with Gasteiger partial charge in [-0.3, -0.25) is 4.79 Å². The number of fused-ring (bicyclic) bond motifs is 1. The Morgan fingerprint density at radius 1 is 1.18 bits per heavy atom. The van der Waals surface area contributed by atoms with Gasteiger partial charge in [0.15, 0.2) is 0 Å². The van der Waals surface area contributed by atoms with Crippen LogP contribution in [0.15, 0.2) is 48.7 Å². The highest BCUT2D eigenvalue weighted by atomic mass is 16.3. The highest BCUT2D eigenvalue weighted by Gasteiger charge is 2.16. The van der Waals surface area contributed by atoms with Crippen LogP contribution in [0.1, 0.15) is 29.8 Å². The van der Waals surface area contributed by atoms with E-state index >= 15 is 0 Å². The van der Waals surface area contributed by atoms with Gasteiger partial charge < -0.3 is 10.8 Å². The highest BCUT2D eigenvalue weighted by Crippen LogP contribution is 2.23. The number of nitrogens with two attached hydrogens (primary N) is 1. The van der Waals surface area contributed by atoms with Gasteiger partial charge in [0.25, 0.3) is 5.91 Å². The topological polar surface area (TPSA) is 81.1 Å². The minimum Gasteiger partial charge on any atom is -0.386 e. The molecule has 0 fully saturated rings. The summed E-state index contributed by atoms with van der Waals surface area (Å²) in [6.45, 7) is 3.48. The normalized spacial score (nSPS) is 11.8. The summed E-state index contributed by atoms with van der Waals surface area (Å²) in [5.41, 5.74) is 7.16. The van der Waals surface area contributed by atoms with Gasteiger partial charge >= 0.3 is 0 Å². The van der Waals surface area contributed by atoms with Crippen molar-refractivity contribution >= 4 is 16.8 Å². The molecule has 0 saturated carbocycles. The molecule has 0 unspecified atom stereocenters. The van der Waals surface area contributed by atoms with Gasteiger partial charge in [-0.25, -0.2) is 4.68 Å². The van der Waals surface area contributed by atoms with Crippen molar-refractivity contribution in [2.24, 2.45) is 5.73 Å². The first-order chi connectivity index (χ1) is 10.4. The Kier molecular flexibility index (Phi) is 3.22. The van der Waals surface area contributed by atoms with E-state index in [1.807, 2.05) is 36.5 Å². The average Bonchev–Trinajstić information content (AvgIpc) is 2.90. The summed E-state index contributed by atoms with van der Waals surface area (Å²) < 4.78 is 1.70. The Hall–Kier alpha value is -2.66. The first-order valence-electron chi connectivity index (χ1n) is 6.98. The summed E-state index contributed by atoms with van der Waals surface area (Å²) in [7, 11) is 0. The summed E-state index contributed by atoms with van der Waals surface area (Å²) >= 11 is 0. The van der Waals surface area contributed by atoms with Crippen molar-refractivity contribution in [1.82, 2.24) is 9.78 Å². The first-order valence-corrected chi connectivity index (χ1v) is 6.98. The molecule has 0 aliphatic carbocycles. The van der Waals surface area contributed by atoms with E-state index in [9.17, 15) is 9.90 Å². The molecule has 5 nitrogen and oxygen atoms in total. The molecule has 0 radical (unpaired) electrons. The largest absolute Gasteiger partial charge is 0.386 e. The van der Waals surface area contributed by atoms with Crippen LogP contribution in [0.4, 0.5) is 0 Å². The predicted molar refractivity (Wildman–Crippen MR) is 84.8 cm³/mol. The Balaban J connectivity index is 2.07. The van der Waals surface area contributed by atoms with Crippen molar-refractivity contribution in [2.45, 2.75) is 19.4 Å². The summed E-state index contributed by atoms with van der Waals surface area (Å²) in [5.74, 6) is -0.492. The van der Waals surface area contributed by atoms with Crippen LogP contribution >= 0.6 is 0 Å². The third kappa shape index (κ3) is 2.46. The van der Waals surface area contributed by atoms with Gasteiger partial charge in [0.05, 0.1) is 16.9 Å². The van der Waals surface area contributed by atoms with Crippen LogP contribution < -0.4 is 5.73 Å². The molecule has 3 N–H and O–H groups in total. The molecule has 0 aliphatic heterocycles. The average molecular weight is 295 g/mol. The Morgan fingerprint density at radius 2 is 1.86 bits per heavy atom. The molecule has 0 saturated heterocycles. The lowest BCUT2D eigenvalue weighted by molar-refractivity contribution is 0.0786. The molecular formula is C17H17N3O2. The molecule has 5 heteroatoms. The zero-order chi connectivity index (χ0) is 15.9. The third-order valence-electron chi connectivity index (χ3n) is 3.64. The van der Waals surface area contributed by atoms with E-state index in [1.54, 1.807) is 30.7 Å². The number of aromatic nitrogens is 2. The molecule has 0 bridgehead atoms. The standard InChI is InChI=1S/C17H17N3O2/c1-17(2,22)12-6-8-13(9-7-12)20-10-11-4-3-5-14(16(18)21)15(11)19-20/h3-10,22H,1-2H3,(H2,18,21). The second-order valence-electron chi connectivity index (χ2n) is 5.79. The van der Waals surface area contributed by atoms with Gasteiger partial charge in [0.1, 0.15) is 5.52 Å². The molecule has 1 aromatic heterocycles. The zero-order valence-electron chi connectivity index (χ0n) is 12.4. The van der Waals surface area contributed by atoms with Crippen LogP contribution in [0.5, 0.6) is 0 Å². The van der Waals surface area contributed by atoms with Gasteiger partial charge in [-0.1, -0.05) is 24.3 Å². The number of aliphatic hydroxyl groups is 1. The van der Waals surface area contributed by atoms with E-state index in [2.05, 4.69) is 5.10 Å². The van der Waals surface area contributed by atoms with E-state index < -0.39 is 11.5 Å². The monoisotopic (exact) mass is 295 g/mol. The van der Waals surface area contributed by atoms with Crippen molar-refractivity contribution in [2.75, 3.05) is 0 Å². The van der Waals surface area contributed by atoms with E-state index in [0.29, 0.717) is 11.1 Å². The number of carbonyl (C=O) groups excluding carboxylic acids is 1. The van der Waals surface area contributed by atoms with Gasteiger partial charge in [0, 0.05) is 11.6 Å². The lowest BCUT2D eigenvalue weighted by Crippen LogP contribution is -2.15. The number of nitrogens with zero attached hydrogens (tertiary/aromatic N) is 2. The molecular weight excluding hydrogens is 278 g/mol. The second kappa shape index (κ2) is 4.96. The summed E-state index contributed by atoms with van der Waals surface area (Å²) in [4.78, 5) is 11.5. The van der Waals surface area contributed by atoms with Crippen LogP contribution in [-0.4, -0.2) is 20.8 Å². The maximum atomic E-state index is 11.5. The number of carbonyl (C=O) groups is 1. The van der Waals surface area contributed by atoms with Gasteiger partial charge in [0.2, 0.25) is 0 Å². The fourth-order valence-corrected chi connectivity index (χ4v) is 2.40. The maximum Gasteiger partial charge on any atom is 0.250 e. The molecule has 3 aromatic rings. The van der Waals surface area contributed by atoms with Crippen LogP contribution in [-0.2, 0) is 5.60 Å². The van der Waals surface area contributed by atoms with Crippen molar-refractivity contribution in [3.8, 4) is 5.69 Å². The van der Waals surface area contributed by atoms with Gasteiger partial charge in [-0.05, 0) is 37.6 Å². The lowest BCUT2D eigenvalue weighted by Gasteiger charge is -2.17. The first kappa shape index (κ1) is 14.3. The summed E-state index contributed by atoms with van der Waals surface area (Å²) in [5, 5.41) is 15.3. The molecule has 1 heterocycles. The maximum absolute atomic E-state index is 11.5. The highest BCUT2D eigenvalue weighted by molar-refractivity contribution is 6.04. The van der Waals surface area contributed by atoms with E-state index in [1.165, 1.54) is 0 Å². The van der Waals surface area contributed by atoms with Crippen LogP contribution in [0.3, 0.4) is 0 Å².